The minimum absolute atomic E-state index is 0.218. The number of benzene rings is 2. The van der Waals surface area contributed by atoms with E-state index >= 15 is 0 Å². The van der Waals surface area contributed by atoms with E-state index in [9.17, 15) is 9.59 Å². The molecule has 0 spiro atoms. The maximum Gasteiger partial charge on any atom is 0.339 e. The van der Waals surface area contributed by atoms with Gasteiger partial charge < -0.3 is 14.8 Å². The maximum absolute atomic E-state index is 12.7. The van der Waals surface area contributed by atoms with Crippen molar-refractivity contribution in [3.63, 3.8) is 0 Å². The highest BCUT2D eigenvalue weighted by atomic mass is 35.5. The smallest absolute Gasteiger partial charge is 0.339 e. The lowest BCUT2D eigenvalue weighted by Crippen LogP contribution is -2.32. The van der Waals surface area contributed by atoms with E-state index in [1.54, 1.807) is 19.1 Å². The Hall–Kier alpha value is -2.53. The van der Waals surface area contributed by atoms with Crippen molar-refractivity contribution in [3.8, 4) is 5.75 Å². The van der Waals surface area contributed by atoms with Gasteiger partial charge in [0.15, 0.2) is 6.10 Å². The molecule has 0 aromatic heterocycles. The predicted octanol–water partition coefficient (Wildman–Crippen LogP) is 5.19. The van der Waals surface area contributed by atoms with Crippen LogP contribution in [0.25, 0.3) is 0 Å². The third-order valence-corrected chi connectivity index (χ3v) is 5.32. The number of hydrogen-bond acceptors (Lipinski definition) is 4. The van der Waals surface area contributed by atoms with E-state index in [0.29, 0.717) is 17.9 Å². The third kappa shape index (κ3) is 5.30. The molecule has 0 saturated carbocycles. The highest BCUT2D eigenvalue weighted by Gasteiger charge is 2.21. The Morgan fingerprint density at radius 3 is 2.55 bits per heavy atom. The number of halogens is 1. The van der Waals surface area contributed by atoms with E-state index in [1.165, 1.54) is 30.0 Å². The first-order valence-electron chi connectivity index (χ1n) is 10.1. The standard InChI is InChI=1S/C23H26ClNO4/c1-3-21(29-18-11-9-15-7-5-6-8-16(15)13-18)22(26)25-17-10-12-20(24)19(14-17)23(27)28-4-2/h9-14,21H,3-8H2,1-2H3,(H,25,26). The number of aryl methyl sites for hydroxylation is 2. The molecule has 1 atom stereocenters. The zero-order chi connectivity index (χ0) is 20.8. The van der Waals surface area contributed by atoms with Gasteiger partial charge in [-0.05, 0) is 80.5 Å². The normalized spacial score (nSPS) is 13.9. The molecule has 0 radical (unpaired) electrons. The van der Waals surface area contributed by atoms with E-state index in [0.717, 1.165) is 12.8 Å². The monoisotopic (exact) mass is 415 g/mol. The summed E-state index contributed by atoms with van der Waals surface area (Å²) in [6.07, 6.45) is 4.44. The number of carbonyl (C=O) groups excluding carboxylic acids is 2. The number of amides is 1. The molecule has 1 unspecified atom stereocenters. The number of hydrogen-bond donors (Lipinski definition) is 1. The Labute approximate surface area is 176 Å². The van der Waals surface area contributed by atoms with Gasteiger partial charge in [0, 0.05) is 5.69 Å². The van der Waals surface area contributed by atoms with Crippen molar-refractivity contribution < 1.29 is 19.1 Å². The van der Waals surface area contributed by atoms with Gasteiger partial charge in [-0.1, -0.05) is 24.6 Å². The number of anilines is 1. The first-order chi connectivity index (χ1) is 14.0. The minimum Gasteiger partial charge on any atom is -0.481 e. The number of rotatable bonds is 7. The van der Waals surface area contributed by atoms with Gasteiger partial charge in [0.05, 0.1) is 17.2 Å². The van der Waals surface area contributed by atoms with Gasteiger partial charge in [0.2, 0.25) is 0 Å². The van der Waals surface area contributed by atoms with Crippen LogP contribution < -0.4 is 10.1 Å². The molecule has 1 aliphatic carbocycles. The average molecular weight is 416 g/mol. The SMILES string of the molecule is CCOC(=O)c1cc(NC(=O)C(CC)Oc2ccc3c(c2)CCCC3)ccc1Cl. The molecule has 1 N–H and O–H groups in total. The fourth-order valence-electron chi connectivity index (χ4n) is 3.46. The number of fused-ring (bicyclic) bond motifs is 1. The summed E-state index contributed by atoms with van der Waals surface area (Å²) in [4.78, 5) is 24.8. The molecule has 0 fully saturated rings. The van der Waals surface area contributed by atoms with Crippen molar-refractivity contribution in [1.82, 2.24) is 0 Å². The topological polar surface area (TPSA) is 64.6 Å². The van der Waals surface area contributed by atoms with Crippen molar-refractivity contribution >= 4 is 29.2 Å². The molecule has 0 heterocycles. The van der Waals surface area contributed by atoms with E-state index in [-0.39, 0.29) is 23.1 Å². The van der Waals surface area contributed by atoms with Crippen molar-refractivity contribution in [2.24, 2.45) is 0 Å². The minimum atomic E-state index is -0.640. The van der Waals surface area contributed by atoms with Gasteiger partial charge in [-0.25, -0.2) is 4.79 Å². The van der Waals surface area contributed by atoms with Gasteiger partial charge in [-0.2, -0.15) is 0 Å². The summed E-state index contributed by atoms with van der Waals surface area (Å²) in [6.45, 7) is 3.87. The van der Waals surface area contributed by atoms with Crippen LogP contribution in [0.4, 0.5) is 5.69 Å². The Morgan fingerprint density at radius 2 is 1.83 bits per heavy atom. The Balaban J connectivity index is 1.70. The van der Waals surface area contributed by atoms with Crippen LogP contribution in [0.5, 0.6) is 5.75 Å². The molecule has 0 aliphatic heterocycles. The van der Waals surface area contributed by atoms with E-state index < -0.39 is 12.1 Å². The molecule has 0 bridgehead atoms. The van der Waals surface area contributed by atoms with E-state index in [1.807, 2.05) is 19.1 Å². The summed E-state index contributed by atoms with van der Waals surface area (Å²) in [5.41, 5.74) is 3.36. The summed E-state index contributed by atoms with van der Waals surface area (Å²) >= 11 is 6.08. The second kappa shape index (κ2) is 9.79. The number of nitrogens with one attached hydrogen (secondary N) is 1. The fourth-order valence-corrected chi connectivity index (χ4v) is 3.66. The lowest BCUT2D eigenvalue weighted by atomic mass is 9.92. The van der Waals surface area contributed by atoms with Crippen LogP contribution in [-0.2, 0) is 22.4 Å². The molecule has 0 saturated heterocycles. The van der Waals surface area contributed by atoms with Gasteiger partial charge in [0.1, 0.15) is 5.75 Å². The summed E-state index contributed by atoms with van der Waals surface area (Å²) in [5, 5.41) is 3.09. The zero-order valence-electron chi connectivity index (χ0n) is 16.8. The summed E-state index contributed by atoms with van der Waals surface area (Å²) in [7, 11) is 0. The maximum atomic E-state index is 12.7. The van der Waals surface area contributed by atoms with Crippen molar-refractivity contribution in [2.45, 2.75) is 52.1 Å². The van der Waals surface area contributed by atoms with Crippen molar-refractivity contribution in [2.75, 3.05) is 11.9 Å². The predicted molar refractivity (Wildman–Crippen MR) is 114 cm³/mol. The fraction of sp³-hybridized carbons (Fsp3) is 0.391. The third-order valence-electron chi connectivity index (χ3n) is 4.99. The van der Waals surface area contributed by atoms with Gasteiger partial charge >= 0.3 is 5.97 Å². The quantitative estimate of drug-likeness (QED) is 0.632. The van der Waals surface area contributed by atoms with Crippen LogP contribution in [-0.4, -0.2) is 24.6 Å². The van der Waals surface area contributed by atoms with Crippen LogP contribution in [0.1, 0.15) is 54.6 Å². The lowest BCUT2D eigenvalue weighted by Gasteiger charge is -2.20. The lowest BCUT2D eigenvalue weighted by molar-refractivity contribution is -0.122. The molecule has 29 heavy (non-hydrogen) atoms. The van der Waals surface area contributed by atoms with Crippen molar-refractivity contribution in [3.05, 3.63) is 58.1 Å². The number of ether oxygens (including phenoxy) is 2. The molecule has 1 aliphatic rings. The first kappa shape index (κ1) is 21.2. The van der Waals surface area contributed by atoms with E-state index in [2.05, 4.69) is 11.4 Å². The Kier molecular flexibility index (Phi) is 7.15. The molecule has 6 heteroatoms. The summed E-state index contributed by atoms with van der Waals surface area (Å²) < 4.78 is 11.0. The van der Waals surface area contributed by atoms with Crippen LogP contribution in [0.3, 0.4) is 0 Å². The molecule has 2 aromatic carbocycles. The van der Waals surface area contributed by atoms with E-state index in [4.69, 9.17) is 21.1 Å². The molecule has 154 valence electrons. The first-order valence-corrected chi connectivity index (χ1v) is 10.5. The largest absolute Gasteiger partial charge is 0.481 e. The average Bonchev–Trinajstić information content (AvgIpc) is 2.73. The number of esters is 1. The summed E-state index contributed by atoms with van der Waals surface area (Å²) in [6, 6.07) is 10.8. The highest BCUT2D eigenvalue weighted by Crippen LogP contribution is 2.27. The van der Waals surface area contributed by atoms with Crippen LogP contribution in [0.15, 0.2) is 36.4 Å². The second-order valence-electron chi connectivity index (χ2n) is 7.06. The molecule has 2 aromatic rings. The molecule has 3 rings (SSSR count). The van der Waals surface area contributed by atoms with Crippen LogP contribution >= 0.6 is 11.6 Å². The molecular weight excluding hydrogens is 390 g/mol. The Morgan fingerprint density at radius 1 is 1.07 bits per heavy atom. The van der Waals surface area contributed by atoms with Crippen LogP contribution in [0.2, 0.25) is 5.02 Å². The van der Waals surface area contributed by atoms with Crippen LogP contribution in [0, 0.1) is 0 Å². The Bertz CT molecular complexity index is 896. The molecular formula is C23H26ClNO4. The van der Waals surface area contributed by atoms with Gasteiger partial charge in [-0.3, -0.25) is 4.79 Å². The zero-order valence-corrected chi connectivity index (χ0v) is 17.6. The number of carbonyl (C=O) groups is 2. The van der Waals surface area contributed by atoms with Gasteiger partial charge in [-0.15, -0.1) is 0 Å². The van der Waals surface area contributed by atoms with Crippen molar-refractivity contribution in [1.29, 1.82) is 0 Å². The molecule has 1 amide bonds. The second-order valence-corrected chi connectivity index (χ2v) is 7.46. The summed E-state index contributed by atoms with van der Waals surface area (Å²) in [5.74, 6) is -0.0933. The van der Waals surface area contributed by atoms with Gasteiger partial charge in [0.25, 0.3) is 5.91 Å². The molecule has 5 nitrogen and oxygen atoms in total. The highest BCUT2D eigenvalue weighted by molar-refractivity contribution is 6.33.